The molecule has 132 valence electrons. The van der Waals surface area contributed by atoms with Gasteiger partial charge in [0.2, 0.25) is 0 Å². The number of carbonyl (C=O) groups excluding carboxylic acids is 1. The van der Waals surface area contributed by atoms with Crippen LogP contribution in [0.25, 0.3) is 5.57 Å². The Morgan fingerprint density at radius 2 is 1.48 bits per heavy atom. The highest BCUT2D eigenvalue weighted by atomic mass is 16.5. The number of ether oxygens (including phenoxy) is 1. The second-order valence-corrected chi connectivity index (χ2v) is 6.39. The minimum absolute atomic E-state index is 0.0478. The van der Waals surface area contributed by atoms with E-state index in [2.05, 4.69) is 6.92 Å². The molecular formula is C23H28O2. The lowest BCUT2D eigenvalue weighted by atomic mass is 9.98. The van der Waals surface area contributed by atoms with Crippen LogP contribution < -0.4 is 0 Å². The highest BCUT2D eigenvalue weighted by Crippen LogP contribution is 2.23. The van der Waals surface area contributed by atoms with Crippen LogP contribution in [0.15, 0.2) is 66.7 Å². The molecule has 0 radical (unpaired) electrons. The Morgan fingerprint density at radius 3 is 2.00 bits per heavy atom. The highest BCUT2D eigenvalue weighted by molar-refractivity contribution is 5.96. The molecule has 0 amide bonds. The molecule has 0 aliphatic heterocycles. The fourth-order valence-corrected chi connectivity index (χ4v) is 2.84. The lowest BCUT2D eigenvalue weighted by Crippen LogP contribution is -2.13. The Labute approximate surface area is 151 Å². The topological polar surface area (TPSA) is 26.3 Å². The second-order valence-electron chi connectivity index (χ2n) is 6.39. The van der Waals surface area contributed by atoms with E-state index in [1.807, 2.05) is 67.6 Å². The Hall–Kier alpha value is -2.35. The maximum Gasteiger partial charge on any atom is 0.331 e. The fourth-order valence-electron chi connectivity index (χ4n) is 2.84. The molecule has 0 aromatic heterocycles. The normalized spacial score (nSPS) is 11.6. The molecule has 0 saturated heterocycles. The number of hydrogen-bond donors (Lipinski definition) is 0. The standard InChI is InChI=1S/C23H28O2/c1-3-4-5-8-13-19(2)25-23(24)18-22(20-14-9-6-10-15-20)21-16-11-7-12-17-21/h6-7,9-12,14-19H,3-5,8,13H2,1-2H3. The summed E-state index contributed by atoms with van der Waals surface area (Å²) in [6, 6.07) is 19.9. The summed E-state index contributed by atoms with van der Waals surface area (Å²) in [4.78, 5) is 12.4. The van der Waals surface area contributed by atoms with Gasteiger partial charge in [0.1, 0.15) is 0 Å². The maximum absolute atomic E-state index is 12.4. The molecule has 2 nitrogen and oxygen atoms in total. The number of esters is 1. The molecule has 1 unspecified atom stereocenters. The van der Waals surface area contributed by atoms with Crippen molar-refractivity contribution in [2.45, 2.75) is 52.1 Å². The Kier molecular flexibility index (Phi) is 7.97. The van der Waals surface area contributed by atoms with Crippen molar-refractivity contribution in [1.29, 1.82) is 0 Å². The zero-order valence-electron chi connectivity index (χ0n) is 15.3. The van der Waals surface area contributed by atoms with E-state index in [4.69, 9.17) is 4.74 Å². The SMILES string of the molecule is CCCCCCC(C)OC(=O)C=C(c1ccccc1)c1ccccc1. The van der Waals surface area contributed by atoms with Gasteiger partial charge in [-0.3, -0.25) is 0 Å². The first-order chi connectivity index (χ1) is 12.2. The van der Waals surface area contributed by atoms with Crippen LogP contribution in [0, 0.1) is 0 Å². The van der Waals surface area contributed by atoms with E-state index < -0.39 is 0 Å². The summed E-state index contributed by atoms with van der Waals surface area (Å²) in [5.41, 5.74) is 2.92. The fraction of sp³-hybridized carbons (Fsp3) is 0.348. The van der Waals surface area contributed by atoms with E-state index in [1.165, 1.54) is 19.3 Å². The zero-order chi connectivity index (χ0) is 17.9. The first kappa shape index (κ1) is 19.0. The molecule has 2 heteroatoms. The van der Waals surface area contributed by atoms with Gasteiger partial charge in [0.15, 0.2) is 0 Å². The van der Waals surface area contributed by atoms with E-state index in [0.29, 0.717) is 0 Å². The number of carbonyl (C=O) groups is 1. The highest BCUT2D eigenvalue weighted by Gasteiger charge is 2.11. The molecule has 25 heavy (non-hydrogen) atoms. The van der Waals surface area contributed by atoms with Gasteiger partial charge in [-0.05, 0) is 36.5 Å². The van der Waals surface area contributed by atoms with E-state index >= 15 is 0 Å². The summed E-state index contributed by atoms with van der Waals surface area (Å²) in [5.74, 6) is -0.273. The molecular weight excluding hydrogens is 308 g/mol. The average Bonchev–Trinajstić information content (AvgIpc) is 2.65. The van der Waals surface area contributed by atoms with Crippen LogP contribution >= 0.6 is 0 Å². The summed E-state index contributed by atoms with van der Waals surface area (Å²) < 4.78 is 5.59. The van der Waals surface area contributed by atoms with Crippen molar-refractivity contribution in [3.05, 3.63) is 77.9 Å². The molecule has 2 aromatic carbocycles. The van der Waals surface area contributed by atoms with Crippen LogP contribution in [0.4, 0.5) is 0 Å². The summed E-state index contributed by atoms with van der Waals surface area (Å²) in [6.45, 7) is 4.17. The van der Waals surface area contributed by atoms with Crippen molar-refractivity contribution >= 4 is 11.5 Å². The predicted molar refractivity (Wildman–Crippen MR) is 104 cm³/mol. The van der Waals surface area contributed by atoms with Gasteiger partial charge in [-0.1, -0.05) is 86.8 Å². The van der Waals surface area contributed by atoms with E-state index in [-0.39, 0.29) is 12.1 Å². The van der Waals surface area contributed by atoms with E-state index in [9.17, 15) is 4.79 Å². The van der Waals surface area contributed by atoms with Gasteiger partial charge in [0.05, 0.1) is 6.10 Å². The van der Waals surface area contributed by atoms with Gasteiger partial charge < -0.3 is 4.74 Å². The number of unbranched alkanes of at least 4 members (excludes halogenated alkanes) is 3. The van der Waals surface area contributed by atoms with Crippen molar-refractivity contribution in [2.75, 3.05) is 0 Å². The summed E-state index contributed by atoms with van der Waals surface area (Å²) in [6.07, 6.45) is 7.26. The summed E-state index contributed by atoms with van der Waals surface area (Å²) >= 11 is 0. The van der Waals surface area contributed by atoms with Crippen LogP contribution in [-0.2, 0) is 9.53 Å². The molecule has 0 aliphatic carbocycles. The first-order valence-corrected chi connectivity index (χ1v) is 9.24. The number of hydrogen-bond acceptors (Lipinski definition) is 2. The van der Waals surface area contributed by atoms with E-state index in [1.54, 1.807) is 6.08 Å². The molecule has 0 heterocycles. The third-order valence-electron chi connectivity index (χ3n) is 4.21. The largest absolute Gasteiger partial charge is 0.459 e. The Balaban J connectivity index is 2.08. The molecule has 1 atom stereocenters. The van der Waals surface area contributed by atoms with Gasteiger partial charge >= 0.3 is 5.97 Å². The van der Waals surface area contributed by atoms with Gasteiger partial charge in [-0.2, -0.15) is 0 Å². The molecule has 0 aliphatic rings. The van der Waals surface area contributed by atoms with Gasteiger partial charge in [-0.15, -0.1) is 0 Å². The first-order valence-electron chi connectivity index (χ1n) is 9.24. The van der Waals surface area contributed by atoms with Crippen molar-refractivity contribution in [1.82, 2.24) is 0 Å². The van der Waals surface area contributed by atoms with Crippen molar-refractivity contribution in [3.8, 4) is 0 Å². The summed E-state index contributed by atoms with van der Waals surface area (Å²) in [5, 5.41) is 0. The van der Waals surface area contributed by atoms with Crippen LogP contribution in [-0.4, -0.2) is 12.1 Å². The Morgan fingerprint density at radius 1 is 0.920 bits per heavy atom. The lowest BCUT2D eigenvalue weighted by Gasteiger charge is -2.13. The molecule has 0 N–H and O–H groups in total. The molecule has 0 fully saturated rings. The monoisotopic (exact) mass is 336 g/mol. The van der Waals surface area contributed by atoms with Crippen LogP contribution in [0.1, 0.15) is 57.1 Å². The number of rotatable bonds is 9. The van der Waals surface area contributed by atoms with Crippen LogP contribution in [0.2, 0.25) is 0 Å². The average molecular weight is 336 g/mol. The minimum atomic E-state index is -0.273. The molecule has 0 bridgehead atoms. The van der Waals surface area contributed by atoms with Crippen LogP contribution in [0.3, 0.4) is 0 Å². The molecule has 2 rings (SSSR count). The van der Waals surface area contributed by atoms with Gasteiger partial charge in [0, 0.05) is 6.08 Å². The number of benzene rings is 2. The predicted octanol–water partition coefficient (Wildman–Crippen LogP) is 6.02. The molecule has 2 aromatic rings. The third kappa shape index (κ3) is 6.58. The maximum atomic E-state index is 12.4. The third-order valence-corrected chi connectivity index (χ3v) is 4.21. The minimum Gasteiger partial charge on any atom is -0.459 e. The smallest absolute Gasteiger partial charge is 0.331 e. The Bertz CT molecular complexity index is 618. The van der Waals surface area contributed by atoms with Crippen molar-refractivity contribution < 1.29 is 9.53 Å². The second kappa shape index (κ2) is 10.5. The lowest BCUT2D eigenvalue weighted by molar-refractivity contribution is -0.142. The van der Waals surface area contributed by atoms with E-state index in [0.717, 1.165) is 29.5 Å². The van der Waals surface area contributed by atoms with Gasteiger partial charge in [0.25, 0.3) is 0 Å². The quantitative estimate of drug-likeness (QED) is 0.318. The van der Waals surface area contributed by atoms with Crippen molar-refractivity contribution in [2.24, 2.45) is 0 Å². The zero-order valence-corrected chi connectivity index (χ0v) is 15.3. The summed E-state index contributed by atoms with van der Waals surface area (Å²) in [7, 11) is 0. The van der Waals surface area contributed by atoms with Crippen LogP contribution in [0.5, 0.6) is 0 Å². The molecule has 0 saturated carbocycles. The van der Waals surface area contributed by atoms with Crippen molar-refractivity contribution in [3.63, 3.8) is 0 Å². The van der Waals surface area contributed by atoms with Gasteiger partial charge in [-0.25, -0.2) is 4.79 Å². The molecule has 0 spiro atoms.